The molecule has 1 fully saturated rings. The van der Waals surface area contributed by atoms with Crippen molar-refractivity contribution in [2.75, 3.05) is 0 Å². The minimum atomic E-state index is -0.816. The monoisotopic (exact) mass is 241 g/mol. The van der Waals surface area contributed by atoms with Gasteiger partial charge in [-0.3, -0.25) is 10.1 Å². The van der Waals surface area contributed by atoms with Crippen LogP contribution in [-0.2, 0) is 9.53 Å². The topological polar surface area (TPSA) is 58.6 Å². The fraction of sp³-hybridized carbons (Fsp3) is 0.545. The van der Waals surface area contributed by atoms with Gasteiger partial charge in [0.15, 0.2) is 0 Å². The molecule has 2 heterocycles. The van der Waals surface area contributed by atoms with Crippen LogP contribution < -0.4 is 5.32 Å². The second kappa shape index (κ2) is 4.53. The molecule has 1 aromatic rings. The maximum Gasteiger partial charge on any atom is 0.321 e. The van der Waals surface area contributed by atoms with E-state index in [9.17, 15) is 4.79 Å². The first kappa shape index (κ1) is 11.6. The molecule has 2 N–H and O–H groups in total. The quantitative estimate of drug-likeness (QED) is 0.829. The van der Waals surface area contributed by atoms with Crippen LogP contribution in [0.25, 0.3) is 0 Å². The van der Waals surface area contributed by atoms with Crippen LogP contribution in [0.3, 0.4) is 0 Å². The SMILES string of the molecule is C[C@H]1[C@H](C)O[C@H](c2cccs2)N[C@@H]1C(=O)O. The number of ether oxygens (including phenoxy) is 1. The summed E-state index contributed by atoms with van der Waals surface area (Å²) in [6, 6.07) is 3.34. The second-order valence-electron chi connectivity index (χ2n) is 4.08. The van der Waals surface area contributed by atoms with Crippen molar-refractivity contribution in [3.8, 4) is 0 Å². The largest absolute Gasteiger partial charge is 0.480 e. The molecule has 0 bridgehead atoms. The molecule has 1 saturated heterocycles. The predicted molar refractivity (Wildman–Crippen MR) is 61.3 cm³/mol. The maximum absolute atomic E-state index is 11.1. The molecule has 4 nitrogen and oxygen atoms in total. The fourth-order valence-electron chi connectivity index (χ4n) is 1.85. The zero-order valence-electron chi connectivity index (χ0n) is 9.21. The Hall–Kier alpha value is -0.910. The molecule has 16 heavy (non-hydrogen) atoms. The Balaban J connectivity index is 2.16. The van der Waals surface area contributed by atoms with Crippen LogP contribution >= 0.6 is 11.3 Å². The first-order chi connectivity index (χ1) is 7.59. The molecule has 1 aliphatic heterocycles. The van der Waals surface area contributed by atoms with Crippen molar-refractivity contribution >= 4 is 17.3 Å². The van der Waals surface area contributed by atoms with E-state index in [1.54, 1.807) is 11.3 Å². The van der Waals surface area contributed by atoms with E-state index in [-0.39, 0.29) is 18.2 Å². The lowest BCUT2D eigenvalue weighted by molar-refractivity contribution is -0.155. The minimum absolute atomic E-state index is 0.0336. The Morgan fingerprint density at radius 1 is 1.56 bits per heavy atom. The molecular weight excluding hydrogens is 226 g/mol. The molecule has 1 aromatic heterocycles. The summed E-state index contributed by atoms with van der Waals surface area (Å²) >= 11 is 1.57. The van der Waals surface area contributed by atoms with Crippen LogP contribution in [0.1, 0.15) is 25.0 Å². The molecule has 1 aliphatic rings. The number of hydrogen-bond acceptors (Lipinski definition) is 4. The van der Waals surface area contributed by atoms with Gasteiger partial charge in [0, 0.05) is 10.8 Å². The van der Waals surface area contributed by atoms with Crippen molar-refractivity contribution in [1.82, 2.24) is 5.32 Å². The standard InChI is InChI=1S/C11H15NO3S/c1-6-7(2)15-10(8-4-3-5-16-8)12-9(6)11(13)14/h3-7,9-10,12H,1-2H3,(H,13,14)/t6-,7-,9-,10+/m0/s1. The number of nitrogens with one attached hydrogen (secondary N) is 1. The Labute approximate surface area is 98.2 Å². The van der Waals surface area contributed by atoms with Crippen molar-refractivity contribution < 1.29 is 14.6 Å². The third-order valence-corrected chi connectivity index (χ3v) is 3.93. The molecule has 0 aromatic carbocycles. The van der Waals surface area contributed by atoms with E-state index in [1.165, 1.54) is 0 Å². The third-order valence-electron chi connectivity index (χ3n) is 3.02. The van der Waals surface area contributed by atoms with Gasteiger partial charge in [-0.05, 0) is 18.4 Å². The van der Waals surface area contributed by atoms with E-state index in [1.807, 2.05) is 31.4 Å². The smallest absolute Gasteiger partial charge is 0.321 e. The Morgan fingerprint density at radius 3 is 2.88 bits per heavy atom. The van der Waals surface area contributed by atoms with Gasteiger partial charge in [0.2, 0.25) is 0 Å². The highest BCUT2D eigenvalue weighted by atomic mass is 32.1. The van der Waals surface area contributed by atoms with Crippen LogP contribution in [0.4, 0.5) is 0 Å². The van der Waals surface area contributed by atoms with E-state index < -0.39 is 12.0 Å². The summed E-state index contributed by atoms with van der Waals surface area (Å²) in [6.45, 7) is 3.81. The fourth-order valence-corrected chi connectivity index (χ4v) is 2.57. The zero-order chi connectivity index (χ0) is 11.7. The average molecular weight is 241 g/mol. The summed E-state index contributed by atoms with van der Waals surface area (Å²) in [5.74, 6) is -0.849. The van der Waals surface area contributed by atoms with Crippen LogP contribution in [0.15, 0.2) is 17.5 Å². The van der Waals surface area contributed by atoms with Gasteiger partial charge in [0.05, 0.1) is 6.10 Å². The summed E-state index contributed by atoms with van der Waals surface area (Å²) in [6.07, 6.45) is -0.359. The van der Waals surface area contributed by atoms with Gasteiger partial charge in [0.25, 0.3) is 0 Å². The molecule has 88 valence electrons. The van der Waals surface area contributed by atoms with Gasteiger partial charge in [0.1, 0.15) is 12.3 Å². The molecule has 0 unspecified atom stereocenters. The summed E-state index contributed by atoms with van der Waals surface area (Å²) in [5, 5.41) is 14.1. The number of carboxylic acids is 1. The van der Waals surface area contributed by atoms with E-state index in [0.717, 1.165) is 4.88 Å². The van der Waals surface area contributed by atoms with Crippen LogP contribution in [-0.4, -0.2) is 23.2 Å². The number of thiophene rings is 1. The Morgan fingerprint density at radius 2 is 2.31 bits per heavy atom. The number of aliphatic carboxylic acids is 1. The third kappa shape index (κ3) is 2.11. The summed E-state index contributed by atoms with van der Waals surface area (Å²) in [5.41, 5.74) is 0. The van der Waals surface area contributed by atoms with Gasteiger partial charge >= 0.3 is 5.97 Å². The molecule has 2 rings (SSSR count). The lowest BCUT2D eigenvalue weighted by Gasteiger charge is -2.37. The van der Waals surface area contributed by atoms with Gasteiger partial charge in [-0.15, -0.1) is 11.3 Å². The average Bonchev–Trinajstić information content (AvgIpc) is 2.74. The summed E-state index contributed by atoms with van der Waals surface area (Å²) in [7, 11) is 0. The molecule has 0 spiro atoms. The van der Waals surface area contributed by atoms with E-state index >= 15 is 0 Å². The molecule has 5 heteroatoms. The predicted octanol–water partition coefficient (Wildman–Crippen LogP) is 1.84. The Bertz CT molecular complexity index is 365. The van der Waals surface area contributed by atoms with Crippen molar-refractivity contribution in [2.24, 2.45) is 5.92 Å². The summed E-state index contributed by atoms with van der Waals surface area (Å²) < 4.78 is 5.76. The number of hydrogen-bond donors (Lipinski definition) is 2. The molecule has 0 amide bonds. The number of carbonyl (C=O) groups is 1. The van der Waals surface area contributed by atoms with Gasteiger partial charge in [-0.1, -0.05) is 13.0 Å². The van der Waals surface area contributed by atoms with Crippen molar-refractivity contribution in [3.05, 3.63) is 22.4 Å². The lowest BCUT2D eigenvalue weighted by atomic mass is 9.94. The van der Waals surface area contributed by atoms with E-state index in [0.29, 0.717) is 0 Å². The summed E-state index contributed by atoms with van der Waals surface area (Å²) in [4.78, 5) is 12.1. The van der Waals surface area contributed by atoms with Crippen molar-refractivity contribution in [2.45, 2.75) is 32.2 Å². The van der Waals surface area contributed by atoms with Gasteiger partial charge in [-0.25, -0.2) is 0 Å². The molecule has 4 atom stereocenters. The first-order valence-corrected chi connectivity index (χ1v) is 6.15. The molecule has 0 radical (unpaired) electrons. The zero-order valence-corrected chi connectivity index (χ0v) is 10.0. The normalized spacial score (nSPS) is 34.9. The highest BCUT2D eigenvalue weighted by molar-refractivity contribution is 7.10. The van der Waals surface area contributed by atoms with Gasteiger partial charge < -0.3 is 9.84 Å². The van der Waals surface area contributed by atoms with Crippen LogP contribution in [0.2, 0.25) is 0 Å². The molecule has 0 aliphatic carbocycles. The van der Waals surface area contributed by atoms with Crippen molar-refractivity contribution in [1.29, 1.82) is 0 Å². The maximum atomic E-state index is 11.1. The molecular formula is C11H15NO3S. The minimum Gasteiger partial charge on any atom is -0.480 e. The number of rotatable bonds is 2. The van der Waals surface area contributed by atoms with E-state index in [4.69, 9.17) is 9.84 Å². The second-order valence-corrected chi connectivity index (χ2v) is 5.06. The highest BCUT2D eigenvalue weighted by Crippen LogP contribution is 2.30. The van der Waals surface area contributed by atoms with Crippen LogP contribution in [0, 0.1) is 5.92 Å². The number of carboxylic acid groups (broad SMARTS) is 1. The Kier molecular flexibility index (Phi) is 3.28. The lowest BCUT2D eigenvalue weighted by Crippen LogP contribution is -2.53. The molecule has 0 saturated carbocycles. The van der Waals surface area contributed by atoms with E-state index in [2.05, 4.69) is 5.32 Å². The van der Waals surface area contributed by atoms with Crippen molar-refractivity contribution in [3.63, 3.8) is 0 Å². The first-order valence-electron chi connectivity index (χ1n) is 5.27. The highest BCUT2D eigenvalue weighted by Gasteiger charge is 2.37. The van der Waals surface area contributed by atoms with Crippen LogP contribution in [0.5, 0.6) is 0 Å². The van der Waals surface area contributed by atoms with Gasteiger partial charge in [-0.2, -0.15) is 0 Å².